The van der Waals surface area contributed by atoms with Gasteiger partial charge in [-0.3, -0.25) is 4.79 Å². The first-order chi connectivity index (χ1) is 7.06. The topological polar surface area (TPSA) is 57.5 Å². The maximum atomic E-state index is 10.9. The summed E-state index contributed by atoms with van der Waals surface area (Å²) in [6.45, 7) is 3.65. The molecule has 0 fully saturated rings. The molecule has 0 aliphatic heterocycles. The van der Waals surface area contributed by atoms with E-state index in [2.05, 4.69) is 0 Å². The molecule has 3 heteroatoms. The van der Waals surface area contributed by atoms with Crippen molar-refractivity contribution < 1.29 is 15.0 Å². The maximum absolute atomic E-state index is 10.9. The van der Waals surface area contributed by atoms with E-state index in [1.807, 2.05) is 13.0 Å². The Morgan fingerprint density at radius 3 is 2.60 bits per heavy atom. The van der Waals surface area contributed by atoms with Gasteiger partial charge in [-0.25, -0.2) is 0 Å². The number of hydrogen-bond donors (Lipinski definition) is 2. The Morgan fingerprint density at radius 2 is 2.13 bits per heavy atom. The molecule has 0 aliphatic carbocycles. The molecule has 0 amide bonds. The van der Waals surface area contributed by atoms with E-state index in [-0.39, 0.29) is 11.7 Å². The van der Waals surface area contributed by atoms with Crippen LogP contribution in [0, 0.1) is 5.92 Å². The number of rotatable bonds is 4. The number of carboxylic acid groups (broad SMARTS) is 1. The van der Waals surface area contributed by atoms with E-state index < -0.39 is 11.9 Å². The van der Waals surface area contributed by atoms with Gasteiger partial charge in [0.1, 0.15) is 5.75 Å². The van der Waals surface area contributed by atoms with Gasteiger partial charge >= 0.3 is 5.97 Å². The highest BCUT2D eigenvalue weighted by Crippen LogP contribution is 2.29. The molecule has 2 N–H and O–H groups in total. The second-order valence-electron chi connectivity index (χ2n) is 3.74. The van der Waals surface area contributed by atoms with Crippen molar-refractivity contribution in [2.75, 3.05) is 0 Å². The van der Waals surface area contributed by atoms with E-state index in [0.29, 0.717) is 0 Å². The van der Waals surface area contributed by atoms with Crippen LogP contribution in [0.25, 0.3) is 0 Å². The minimum Gasteiger partial charge on any atom is -0.508 e. The second-order valence-corrected chi connectivity index (χ2v) is 3.74. The molecule has 1 rings (SSSR count). The lowest BCUT2D eigenvalue weighted by Gasteiger charge is -2.19. The first-order valence-corrected chi connectivity index (χ1v) is 5.08. The third kappa shape index (κ3) is 2.72. The highest BCUT2D eigenvalue weighted by atomic mass is 16.4. The molecular formula is C12H16O3. The Kier molecular flexibility index (Phi) is 3.72. The predicted octanol–water partition coefficient (Wildman–Crippen LogP) is 2.61. The fourth-order valence-corrected chi connectivity index (χ4v) is 1.81. The van der Waals surface area contributed by atoms with Crippen LogP contribution in [0.3, 0.4) is 0 Å². The average Bonchev–Trinajstić information content (AvgIpc) is 2.18. The molecule has 0 saturated carbocycles. The van der Waals surface area contributed by atoms with E-state index >= 15 is 0 Å². The van der Waals surface area contributed by atoms with E-state index in [1.165, 1.54) is 0 Å². The molecule has 1 aromatic rings. The Morgan fingerprint density at radius 1 is 1.47 bits per heavy atom. The van der Waals surface area contributed by atoms with Gasteiger partial charge in [-0.1, -0.05) is 26.0 Å². The fourth-order valence-electron chi connectivity index (χ4n) is 1.81. The zero-order valence-electron chi connectivity index (χ0n) is 8.97. The van der Waals surface area contributed by atoms with Crippen molar-refractivity contribution in [2.24, 2.45) is 5.92 Å². The smallest absolute Gasteiger partial charge is 0.306 e. The summed E-state index contributed by atoms with van der Waals surface area (Å²) in [6, 6.07) is 6.81. The lowest BCUT2D eigenvalue weighted by Crippen LogP contribution is -2.18. The molecule has 2 atom stereocenters. The lowest BCUT2D eigenvalue weighted by molar-refractivity contribution is -0.141. The molecule has 1 aromatic carbocycles. The van der Waals surface area contributed by atoms with Crippen LogP contribution in [-0.2, 0) is 4.79 Å². The van der Waals surface area contributed by atoms with Crippen LogP contribution in [0.4, 0.5) is 0 Å². The minimum absolute atomic E-state index is 0.0467. The van der Waals surface area contributed by atoms with Gasteiger partial charge in [0.05, 0.1) is 5.92 Å². The van der Waals surface area contributed by atoms with Crippen molar-refractivity contribution in [1.82, 2.24) is 0 Å². The van der Waals surface area contributed by atoms with Gasteiger partial charge < -0.3 is 10.2 Å². The molecular weight excluding hydrogens is 192 g/mol. The van der Waals surface area contributed by atoms with E-state index in [1.54, 1.807) is 25.1 Å². The van der Waals surface area contributed by atoms with Gasteiger partial charge in [0.15, 0.2) is 0 Å². The summed E-state index contributed by atoms with van der Waals surface area (Å²) in [5.74, 6) is -1.10. The number of phenols is 1. The van der Waals surface area contributed by atoms with Gasteiger partial charge in [-0.15, -0.1) is 0 Å². The molecule has 0 saturated heterocycles. The molecule has 0 bridgehead atoms. The zero-order valence-corrected chi connectivity index (χ0v) is 8.97. The minimum atomic E-state index is -0.801. The van der Waals surface area contributed by atoms with Crippen LogP contribution >= 0.6 is 0 Å². The normalized spacial score (nSPS) is 14.5. The van der Waals surface area contributed by atoms with Crippen LogP contribution in [0.1, 0.15) is 31.7 Å². The summed E-state index contributed by atoms with van der Waals surface area (Å²) >= 11 is 0. The van der Waals surface area contributed by atoms with Crippen molar-refractivity contribution in [1.29, 1.82) is 0 Å². The second kappa shape index (κ2) is 4.82. The number of hydrogen-bond acceptors (Lipinski definition) is 2. The van der Waals surface area contributed by atoms with Crippen molar-refractivity contribution in [3.8, 4) is 5.75 Å². The molecule has 0 radical (unpaired) electrons. The van der Waals surface area contributed by atoms with Crippen LogP contribution in [0.5, 0.6) is 5.75 Å². The van der Waals surface area contributed by atoms with Gasteiger partial charge in [-0.05, 0) is 30.0 Å². The summed E-state index contributed by atoms with van der Waals surface area (Å²) in [5.41, 5.74) is 0.882. The third-order valence-corrected chi connectivity index (χ3v) is 2.73. The average molecular weight is 208 g/mol. The van der Waals surface area contributed by atoms with Gasteiger partial charge in [0.2, 0.25) is 0 Å². The van der Waals surface area contributed by atoms with Gasteiger partial charge in [0, 0.05) is 0 Å². The highest BCUT2D eigenvalue weighted by Gasteiger charge is 2.23. The molecule has 3 nitrogen and oxygen atoms in total. The first-order valence-electron chi connectivity index (χ1n) is 5.08. The summed E-state index contributed by atoms with van der Waals surface area (Å²) in [6.07, 6.45) is 0.747. The number of aromatic hydroxyl groups is 1. The number of carboxylic acids is 1. The zero-order chi connectivity index (χ0) is 11.4. The van der Waals surface area contributed by atoms with Crippen molar-refractivity contribution in [2.45, 2.75) is 26.2 Å². The number of carbonyl (C=O) groups is 1. The Balaban J connectivity index is 2.97. The van der Waals surface area contributed by atoms with E-state index in [4.69, 9.17) is 5.11 Å². The Labute approximate surface area is 89.4 Å². The summed E-state index contributed by atoms with van der Waals surface area (Å²) in [7, 11) is 0. The quantitative estimate of drug-likeness (QED) is 0.799. The molecule has 0 heterocycles. The van der Waals surface area contributed by atoms with Crippen LogP contribution in [0.15, 0.2) is 24.3 Å². The molecule has 82 valence electrons. The third-order valence-electron chi connectivity index (χ3n) is 2.73. The van der Waals surface area contributed by atoms with Gasteiger partial charge in [0.25, 0.3) is 0 Å². The van der Waals surface area contributed by atoms with Gasteiger partial charge in [-0.2, -0.15) is 0 Å². The molecule has 15 heavy (non-hydrogen) atoms. The molecule has 0 unspecified atom stereocenters. The van der Waals surface area contributed by atoms with Crippen molar-refractivity contribution in [3.63, 3.8) is 0 Å². The van der Waals surface area contributed by atoms with Crippen LogP contribution in [0.2, 0.25) is 0 Å². The lowest BCUT2D eigenvalue weighted by atomic mass is 9.85. The Hall–Kier alpha value is -1.51. The fraction of sp³-hybridized carbons (Fsp3) is 0.417. The number of aliphatic carboxylic acids is 1. The highest BCUT2D eigenvalue weighted by molar-refractivity contribution is 5.71. The standard InChI is InChI=1S/C12H16O3/c1-3-11(8(2)12(14)15)9-5-4-6-10(13)7-9/h4-8,11,13H,3H2,1-2H3,(H,14,15)/t8-,11+/m0/s1. The Bertz CT molecular complexity index is 346. The summed E-state index contributed by atoms with van der Waals surface area (Å²) in [5, 5.41) is 18.3. The SMILES string of the molecule is CC[C@@H](c1cccc(O)c1)[C@H](C)C(=O)O. The van der Waals surface area contributed by atoms with E-state index in [9.17, 15) is 9.90 Å². The largest absolute Gasteiger partial charge is 0.508 e. The van der Waals surface area contributed by atoms with Crippen molar-refractivity contribution >= 4 is 5.97 Å². The predicted molar refractivity (Wildman–Crippen MR) is 57.9 cm³/mol. The first kappa shape index (κ1) is 11.6. The van der Waals surface area contributed by atoms with Crippen LogP contribution < -0.4 is 0 Å². The molecule has 0 aliphatic rings. The summed E-state index contributed by atoms with van der Waals surface area (Å²) < 4.78 is 0. The molecule has 0 spiro atoms. The summed E-state index contributed by atoms with van der Waals surface area (Å²) in [4.78, 5) is 10.9. The number of benzene rings is 1. The molecule has 0 aromatic heterocycles. The van der Waals surface area contributed by atoms with Crippen LogP contribution in [-0.4, -0.2) is 16.2 Å². The van der Waals surface area contributed by atoms with E-state index in [0.717, 1.165) is 12.0 Å². The maximum Gasteiger partial charge on any atom is 0.306 e. The number of phenolic OH excluding ortho intramolecular Hbond substituents is 1. The monoisotopic (exact) mass is 208 g/mol. The van der Waals surface area contributed by atoms with Crippen molar-refractivity contribution in [3.05, 3.63) is 29.8 Å².